The van der Waals surface area contributed by atoms with Crippen LogP contribution in [0.5, 0.6) is 11.5 Å². The summed E-state index contributed by atoms with van der Waals surface area (Å²) in [6.45, 7) is 0.249. The highest BCUT2D eigenvalue weighted by Crippen LogP contribution is 2.18. The second-order valence-electron chi connectivity index (χ2n) is 5.59. The Balaban J connectivity index is 1.78. The summed E-state index contributed by atoms with van der Waals surface area (Å²) < 4.78 is 37.2. The maximum absolute atomic E-state index is 12.4. The molecule has 2 rings (SSSR count). The molecule has 0 bridgehead atoms. The number of hydrogen-bond donors (Lipinski definition) is 1. The Morgan fingerprint density at radius 1 is 1.07 bits per heavy atom. The number of sulfonamides is 1. The van der Waals surface area contributed by atoms with Crippen molar-refractivity contribution in [3.63, 3.8) is 0 Å². The number of methoxy groups -OCH3 is 1. The van der Waals surface area contributed by atoms with Crippen LogP contribution in [0.3, 0.4) is 0 Å². The van der Waals surface area contributed by atoms with Gasteiger partial charge in [0.1, 0.15) is 18.1 Å². The van der Waals surface area contributed by atoms with Crippen LogP contribution < -0.4 is 14.8 Å². The molecular weight excluding hydrogens is 436 g/mol. The summed E-state index contributed by atoms with van der Waals surface area (Å²) in [4.78, 5) is 12.1. The standard InChI is InChI=1S/C18H21BrN2O5S/c1-21(27(23,24)17-9-3-14(19)4-10-17)13-18(22)20-11-12-26-16-7-5-15(25-2)6-8-16/h3-10H,11-13H2,1-2H3,(H,20,22). The zero-order valence-electron chi connectivity index (χ0n) is 15.0. The van der Waals surface area contributed by atoms with Crippen LogP contribution >= 0.6 is 15.9 Å². The molecule has 2 aromatic carbocycles. The van der Waals surface area contributed by atoms with Crippen LogP contribution in [0.1, 0.15) is 0 Å². The third-order valence-electron chi connectivity index (χ3n) is 3.64. The topological polar surface area (TPSA) is 84.9 Å². The smallest absolute Gasteiger partial charge is 0.243 e. The predicted molar refractivity (Wildman–Crippen MR) is 105 cm³/mol. The normalized spacial score (nSPS) is 11.3. The molecule has 0 heterocycles. The maximum Gasteiger partial charge on any atom is 0.243 e. The molecule has 0 saturated carbocycles. The Morgan fingerprint density at radius 2 is 1.67 bits per heavy atom. The van der Waals surface area contributed by atoms with Crippen molar-refractivity contribution in [1.29, 1.82) is 0 Å². The molecule has 146 valence electrons. The zero-order valence-corrected chi connectivity index (χ0v) is 17.4. The summed E-state index contributed by atoms with van der Waals surface area (Å²) in [7, 11) is -0.774. The number of amides is 1. The van der Waals surface area contributed by atoms with E-state index in [0.29, 0.717) is 5.75 Å². The lowest BCUT2D eigenvalue weighted by atomic mass is 10.3. The van der Waals surface area contributed by atoms with Crippen LogP contribution in [0.25, 0.3) is 0 Å². The summed E-state index contributed by atoms with van der Waals surface area (Å²) in [6.07, 6.45) is 0. The molecule has 0 aliphatic carbocycles. The van der Waals surface area contributed by atoms with Crippen molar-refractivity contribution in [2.45, 2.75) is 4.90 Å². The van der Waals surface area contributed by atoms with Gasteiger partial charge in [-0.1, -0.05) is 15.9 Å². The monoisotopic (exact) mass is 456 g/mol. The summed E-state index contributed by atoms with van der Waals surface area (Å²) in [6, 6.07) is 13.3. The van der Waals surface area contributed by atoms with Crippen LogP contribution in [0.2, 0.25) is 0 Å². The predicted octanol–water partition coefficient (Wildman–Crippen LogP) is 2.27. The van der Waals surface area contributed by atoms with E-state index in [1.165, 1.54) is 19.2 Å². The van der Waals surface area contributed by atoms with Gasteiger partial charge in [0.05, 0.1) is 25.1 Å². The van der Waals surface area contributed by atoms with E-state index < -0.39 is 15.9 Å². The summed E-state index contributed by atoms with van der Waals surface area (Å²) in [5.41, 5.74) is 0. The third-order valence-corrected chi connectivity index (χ3v) is 5.99. The van der Waals surface area contributed by atoms with Crippen molar-refractivity contribution in [3.05, 3.63) is 53.0 Å². The summed E-state index contributed by atoms with van der Waals surface area (Å²) >= 11 is 3.26. The van der Waals surface area contributed by atoms with Crippen molar-refractivity contribution >= 4 is 31.9 Å². The Kier molecular flexibility index (Phi) is 7.64. The van der Waals surface area contributed by atoms with Gasteiger partial charge in [0, 0.05) is 11.5 Å². The van der Waals surface area contributed by atoms with E-state index in [2.05, 4.69) is 21.2 Å². The lowest BCUT2D eigenvalue weighted by molar-refractivity contribution is -0.121. The van der Waals surface area contributed by atoms with E-state index in [1.54, 1.807) is 43.5 Å². The lowest BCUT2D eigenvalue weighted by Crippen LogP contribution is -2.39. The minimum Gasteiger partial charge on any atom is -0.497 e. The summed E-state index contributed by atoms with van der Waals surface area (Å²) in [5, 5.41) is 2.64. The molecule has 0 fully saturated rings. The first kappa shape index (κ1) is 21.2. The first-order valence-corrected chi connectivity index (χ1v) is 10.3. The van der Waals surface area contributed by atoms with Crippen LogP contribution in [-0.4, -0.2) is 52.5 Å². The lowest BCUT2D eigenvalue weighted by Gasteiger charge is -2.17. The second kappa shape index (κ2) is 9.72. The molecule has 7 nitrogen and oxygen atoms in total. The molecular formula is C18H21BrN2O5S. The third kappa shape index (κ3) is 6.23. The van der Waals surface area contributed by atoms with Gasteiger partial charge in [0.15, 0.2) is 0 Å². The largest absolute Gasteiger partial charge is 0.497 e. The fraction of sp³-hybridized carbons (Fsp3) is 0.278. The number of ether oxygens (including phenoxy) is 2. The number of nitrogens with one attached hydrogen (secondary N) is 1. The maximum atomic E-state index is 12.4. The van der Waals surface area contributed by atoms with Crippen LogP contribution in [0.15, 0.2) is 57.9 Å². The number of likely N-dealkylation sites (N-methyl/N-ethyl adjacent to an activating group) is 1. The highest BCUT2D eigenvalue weighted by molar-refractivity contribution is 9.10. The van der Waals surface area contributed by atoms with Crippen LogP contribution in [0, 0.1) is 0 Å². The number of nitrogens with zero attached hydrogens (tertiary/aromatic N) is 1. The van der Waals surface area contributed by atoms with Gasteiger partial charge in [-0.25, -0.2) is 8.42 Å². The first-order valence-electron chi connectivity index (χ1n) is 8.08. The van der Waals surface area contributed by atoms with Crippen molar-refractivity contribution in [2.24, 2.45) is 0 Å². The zero-order chi connectivity index (χ0) is 19.9. The van der Waals surface area contributed by atoms with Gasteiger partial charge in [-0.3, -0.25) is 4.79 Å². The molecule has 0 aliphatic rings. The van der Waals surface area contributed by atoms with Gasteiger partial charge in [0.25, 0.3) is 0 Å². The van der Waals surface area contributed by atoms with Gasteiger partial charge in [0.2, 0.25) is 15.9 Å². The van der Waals surface area contributed by atoms with E-state index in [4.69, 9.17) is 9.47 Å². The molecule has 0 aliphatic heterocycles. The number of halogens is 1. The molecule has 9 heteroatoms. The Labute approximate surface area is 167 Å². The molecule has 0 unspecified atom stereocenters. The van der Waals surface area contributed by atoms with Gasteiger partial charge in [-0.2, -0.15) is 4.31 Å². The number of carbonyl (C=O) groups is 1. The minimum atomic E-state index is -3.72. The van der Waals surface area contributed by atoms with Crippen molar-refractivity contribution in [3.8, 4) is 11.5 Å². The van der Waals surface area contributed by atoms with E-state index in [9.17, 15) is 13.2 Å². The number of rotatable bonds is 9. The Hall–Kier alpha value is -2.10. The Bertz CT molecular complexity index is 854. The van der Waals surface area contributed by atoms with Crippen molar-refractivity contribution in [1.82, 2.24) is 9.62 Å². The second-order valence-corrected chi connectivity index (χ2v) is 8.55. The fourth-order valence-corrected chi connectivity index (χ4v) is 3.55. The van der Waals surface area contributed by atoms with E-state index in [-0.39, 0.29) is 24.6 Å². The number of carbonyl (C=O) groups excluding carboxylic acids is 1. The minimum absolute atomic E-state index is 0.129. The molecule has 0 saturated heterocycles. The number of benzene rings is 2. The van der Waals surface area contributed by atoms with E-state index >= 15 is 0 Å². The van der Waals surface area contributed by atoms with E-state index in [1.807, 2.05) is 0 Å². The molecule has 0 aromatic heterocycles. The highest BCUT2D eigenvalue weighted by Gasteiger charge is 2.22. The molecule has 0 radical (unpaired) electrons. The molecule has 27 heavy (non-hydrogen) atoms. The number of hydrogen-bond acceptors (Lipinski definition) is 5. The van der Waals surface area contributed by atoms with Crippen LogP contribution in [0.4, 0.5) is 0 Å². The average molecular weight is 457 g/mol. The van der Waals surface area contributed by atoms with Crippen LogP contribution in [-0.2, 0) is 14.8 Å². The summed E-state index contributed by atoms with van der Waals surface area (Å²) in [5.74, 6) is 0.974. The van der Waals surface area contributed by atoms with Gasteiger partial charge < -0.3 is 14.8 Å². The highest BCUT2D eigenvalue weighted by atomic mass is 79.9. The fourth-order valence-electron chi connectivity index (χ4n) is 2.16. The van der Waals surface area contributed by atoms with Crippen molar-refractivity contribution in [2.75, 3.05) is 33.9 Å². The molecule has 1 N–H and O–H groups in total. The SMILES string of the molecule is COc1ccc(OCCNC(=O)CN(C)S(=O)(=O)c2ccc(Br)cc2)cc1. The average Bonchev–Trinajstić information content (AvgIpc) is 2.66. The molecule has 0 atom stereocenters. The van der Waals surface area contributed by atoms with Gasteiger partial charge in [-0.15, -0.1) is 0 Å². The van der Waals surface area contributed by atoms with Gasteiger partial charge >= 0.3 is 0 Å². The van der Waals surface area contributed by atoms with E-state index in [0.717, 1.165) is 14.5 Å². The molecule has 2 aromatic rings. The molecule has 0 spiro atoms. The molecule has 1 amide bonds. The van der Waals surface area contributed by atoms with Crippen molar-refractivity contribution < 1.29 is 22.7 Å². The van der Waals surface area contributed by atoms with Gasteiger partial charge in [-0.05, 0) is 48.5 Å². The Morgan fingerprint density at radius 3 is 2.26 bits per heavy atom. The first-order chi connectivity index (χ1) is 12.8. The quantitative estimate of drug-likeness (QED) is 0.585.